The molecule has 1 aromatic heterocycles. The van der Waals surface area contributed by atoms with Gasteiger partial charge in [-0.15, -0.1) is 0 Å². The number of aryl methyl sites for hydroxylation is 1. The molecular formula is C21H28N4O3. The molecule has 2 saturated heterocycles. The number of carbonyl (C=O) groups is 1. The van der Waals surface area contributed by atoms with Crippen molar-refractivity contribution in [3.05, 3.63) is 40.3 Å². The van der Waals surface area contributed by atoms with Crippen LogP contribution in [-0.2, 0) is 11.8 Å². The first kappa shape index (κ1) is 19.1. The lowest BCUT2D eigenvalue weighted by atomic mass is 10.1. The van der Waals surface area contributed by atoms with Gasteiger partial charge in [0.05, 0.1) is 17.6 Å². The van der Waals surface area contributed by atoms with Gasteiger partial charge in [-0.05, 0) is 32.8 Å². The number of rotatable bonds is 3. The number of fused-ring (bicyclic) bond motifs is 1. The molecule has 0 N–H and O–H groups in total. The Labute approximate surface area is 164 Å². The number of likely N-dealkylation sites (tertiary alicyclic amines) is 1. The van der Waals surface area contributed by atoms with Crippen LogP contribution in [0.2, 0.25) is 0 Å². The van der Waals surface area contributed by atoms with Crippen LogP contribution in [0.25, 0.3) is 10.8 Å². The van der Waals surface area contributed by atoms with Crippen LogP contribution in [0.3, 0.4) is 0 Å². The number of nitrogens with zero attached hydrogens (tertiary/aromatic N) is 4. The lowest BCUT2D eigenvalue weighted by Crippen LogP contribution is -2.51. The highest BCUT2D eigenvalue weighted by atomic mass is 16.5. The number of amides is 1. The summed E-state index contributed by atoms with van der Waals surface area (Å²) in [4.78, 5) is 30.1. The molecule has 3 atom stereocenters. The SMILES string of the molecule is CC1CN(CC2CCCN2C(=O)c2nn(C)c(=O)c3ccccc23)CC(C)O1. The number of morpholine rings is 1. The number of aromatic nitrogens is 2. The molecule has 3 unspecified atom stereocenters. The van der Waals surface area contributed by atoms with Crippen LogP contribution < -0.4 is 5.56 Å². The number of hydrogen-bond acceptors (Lipinski definition) is 5. The molecule has 7 nitrogen and oxygen atoms in total. The molecule has 28 heavy (non-hydrogen) atoms. The van der Waals surface area contributed by atoms with E-state index in [-0.39, 0.29) is 29.7 Å². The zero-order chi connectivity index (χ0) is 19.8. The second kappa shape index (κ2) is 7.64. The van der Waals surface area contributed by atoms with E-state index < -0.39 is 0 Å². The first-order valence-electron chi connectivity index (χ1n) is 10.1. The molecule has 7 heteroatoms. The van der Waals surface area contributed by atoms with Crippen molar-refractivity contribution in [2.45, 2.75) is 44.9 Å². The maximum Gasteiger partial charge on any atom is 0.275 e. The average Bonchev–Trinajstić information content (AvgIpc) is 3.11. The molecule has 1 amide bonds. The number of ether oxygens (including phenoxy) is 1. The second-order valence-electron chi connectivity index (χ2n) is 8.09. The Morgan fingerprint density at radius 2 is 1.86 bits per heavy atom. The minimum atomic E-state index is -0.179. The number of carbonyl (C=O) groups excluding carboxylic acids is 1. The maximum atomic E-state index is 13.4. The van der Waals surface area contributed by atoms with Gasteiger partial charge in [-0.25, -0.2) is 4.68 Å². The molecule has 0 aliphatic carbocycles. The van der Waals surface area contributed by atoms with Crippen LogP contribution >= 0.6 is 0 Å². The fourth-order valence-electron chi connectivity index (χ4n) is 4.62. The minimum Gasteiger partial charge on any atom is -0.373 e. The van der Waals surface area contributed by atoms with E-state index in [0.717, 1.165) is 39.0 Å². The highest BCUT2D eigenvalue weighted by Crippen LogP contribution is 2.24. The fourth-order valence-corrected chi connectivity index (χ4v) is 4.62. The van der Waals surface area contributed by atoms with Crippen LogP contribution in [0, 0.1) is 0 Å². The van der Waals surface area contributed by atoms with E-state index in [1.165, 1.54) is 4.68 Å². The molecule has 4 rings (SSSR count). The first-order chi connectivity index (χ1) is 13.4. The molecule has 0 bridgehead atoms. The van der Waals surface area contributed by atoms with Crippen LogP contribution in [0.1, 0.15) is 37.2 Å². The molecule has 0 radical (unpaired) electrons. The van der Waals surface area contributed by atoms with Gasteiger partial charge in [0, 0.05) is 44.7 Å². The van der Waals surface area contributed by atoms with Crippen molar-refractivity contribution in [2.75, 3.05) is 26.2 Å². The van der Waals surface area contributed by atoms with Gasteiger partial charge in [-0.1, -0.05) is 18.2 Å². The maximum absolute atomic E-state index is 13.4. The van der Waals surface area contributed by atoms with Crippen LogP contribution in [-0.4, -0.2) is 69.9 Å². The molecule has 2 fully saturated rings. The van der Waals surface area contributed by atoms with E-state index in [1.54, 1.807) is 13.1 Å². The standard InChI is InChI=1S/C21H28N4O3/c1-14-11-24(12-15(2)28-14)13-16-7-6-10-25(16)21(27)19-17-8-4-5-9-18(17)20(26)23(3)22-19/h4-5,8-9,14-16H,6-7,10-13H2,1-3H3. The Morgan fingerprint density at radius 1 is 1.18 bits per heavy atom. The Balaban J connectivity index is 1.60. The van der Waals surface area contributed by atoms with E-state index >= 15 is 0 Å². The summed E-state index contributed by atoms with van der Waals surface area (Å²) in [6.07, 6.45) is 2.41. The Hall–Kier alpha value is -2.25. The van der Waals surface area contributed by atoms with Gasteiger partial charge < -0.3 is 9.64 Å². The lowest BCUT2D eigenvalue weighted by molar-refractivity contribution is -0.0715. The lowest BCUT2D eigenvalue weighted by Gasteiger charge is -2.38. The van der Waals surface area contributed by atoms with Crippen molar-refractivity contribution >= 4 is 16.7 Å². The predicted octanol–water partition coefficient (Wildman–Crippen LogP) is 1.65. The largest absolute Gasteiger partial charge is 0.373 e. The Kier molecular flexibility index (Phi) is 5.21. The quantitative estimate of drug-likeness (QED) is 0.805. The normalized spacial score (nSPS) is 26.1. The minimum absolute atomic E-state index is 0.0799. The number of hydrogen-bond donors (Lipinski definition) is 0. The smallest absolute Gasteiger partial charge is 0.275 e. The summed E-state index contributed by atoms with van der Waals surface area (Å²) in [5, 5.41) is 5.50. The molecule has 1 aromatic carbocycles. The molecule has 0 spiro atoms. The van der Waals surface area contributed by atoms with Gasteiger partial charge in [0.2, 0.25) is 0 Å². The average molecular weight is 384 g/mol. The summed E-state index contributed by atoms with van der Waals surface area (Å²) < 4.78 is 7.10. The summed E-state index contributed by atoms with van der Waals surface area (Å²) in [5.74, 6) is -0.0799. The van der Waals surface area contributed by atoms with E-state index in [0.29, 0.717) is 16.5 Å². The van der Waals surface area contributed by atoms with Crippen molar-refractivity contribution in [3.63, 3.8) is 0 Å². The van der Waals surface area contributed by atoms with Crippen molar-refractivity contribution in [1.29, 1.82) is 0 Å². The third-order valence-electron chi connectivity index (χ3n) is 5.76. The first-order valence-corrected chi connectivity index (χ1v) is 10.1. The third-order valence-corrected chi connectivity index (χ3v) is 5.76. The molecule has 150 valence electrons. The summed E-state index contributed by atoms with van der Waals surface area (Å²) in [6, 6.07) is 7.40. The molecule has 2 aliphatic heterocycles. The van der Waals surface area contributed by atoms with Crippen molar-refractivity contribution in [3.8, 4) is 0 Å². The predicted molar refractivity (Wildman–Crippen MR) is 107 cm³/mol. The zero-order valence-corrected chi connectivity index (χ0v) is 16.8. The van der Waals surface area contributed by atoms with Gasteiger partial charge in [0.15, 0.2) is 5.69 Å². The molecule has 2 aliphatic rings. The molecular weight excluding hydrogens is 356 g/mol. The molecule has 0 saturated carbocycles. The Morgan fingerprint density at radius 3 is 2.57 bits per heavy atom. The highest BCUT2D eigenvalue weighted by molar-refractivity contribution is 6.05. The number of benzene rings is 1. The van der Waals surface area contributed by atoms with Crippen LogP contribution in [0.5, 0.6) is 0 Å². The van der Waals surface area contributed by atoms with Crippen LogP contribution in [0.15, 0.2) is 29.1 Å². The summed E-state index contributed by atoms with van der Waals surface area (Å²) >= 11 is 0. The second-order valence-corrected chi connectivity index (χ2v) is 8.09. The molecule has 2 aromatic rings. The van der Waals surface area contributed by atoms with E-state index in [4.69, 9.17) is 4.74 Å². The Bertz CT molecular complexity index is 931. The zero-order valence-electron chi connectivity index (χ0n) is 16.8. The van der Waals surface area contributed by atoms with Gasteiger partial charge in [-0.3, -0.25) is 14.5 Å². The summed E-state index contributed by atoms with van der Waals surface area (Å²) in [7, 11) is 1.60. The monoisotopic (exact) mass is 384 g/mol. The van der Waals surface area contributed by atoms with Crippen LogP contribution in [0.4, 0.5) is 0 Å². The van der Waals surface area contributed by atoms with Crippen molar-refractivity contribution < 1.29 is 9.53 Å². The highest BCUT2D eigenvalue weighted by Gasteiger charge is 2.34. The van der Waals surface area contributed by atoms with Gasteiger partial charge in [0.1, 0.15) is 0 Å². The van der Waals surface area contributed by atoms with Gasteiger partial charge in [-0.2, -0.15) is 5.10 Å². The summed E-state index contributed by atoms with van der Waals surface area (Å²) in [5.41, 5.74) is 0.190. The van der Waals surface area contributed by atoms with Crippen molar-refractivity contribution in [1.82, 2.24) is 19.6 Å². The van der Waals surface area contributed by atoms with Crippen molar-refractivity contribution in [2.24, 2.45) is 7.05 Å². The fraction of sp³-hybridized carbons (Fsp3) is 0.571. The van der Waals surface area contributed by atoms with Gasteiger partial charge in [0.25, 0.3) is 11.5 Å². The van der Waals surface area contributed by atoms with E-state index in [1.807, 2.05) is 23.1 Å². The third kappa shape index (κ3) is 3.56. The molecule has 3 heterocycles. The van der Waals surface area contributed by atoms with E-state index in [2.05, 4.69) is 23.8 Å². The van der Waals surface area contributed by atoms with E-state index in [9.17, 15) is 9.59 Å². The topological polar surface area (TPSA) is 67.7 Å². The van der Waals surface area contributed by atoms with Gasteiger partial charge >= 0.3 is 0 Å². The summed E-state index contributed by atoms with van der Waals surface area (Å²) in [6.45, 7) is 7.57.